The molecule has 1 atom stereocenters. The fourth-order valence-electron chi connectivity index (χ4n) is 4.59. The molecule has 174 valence electrons. The standard InChI is InChI=1S/C27H29N5OS/c1-34(2,3)13-12-33-19-32-11-9-23-25(30-18-31-26(23)32)20-6-4-8-22(14-20)27(17-28)15-21-7-5-10-29-24(21)16-27/h4-11,14,18H,12-13,15-16,19H2,1-3H3. The van der Waals surface area contributed by atoms with Gasteiger partial charge < -0.3 is 9.30 Å². The van der Waals surface area contributed by atoms with Crippen LogP contribution in [0.2, 0.25) is 0 Å². The molecule has 0 saturated carbocycles. The lowest BCUT2D eigenvalue weighted by Crippen LogP contribution is -2.24. The first-order valence-corrected chi connectivity index (χ1v) is 14.4. The first kappa shape index (κ1) is 22.6. The third-order valence-electron chi connectivity index (χ3n) is 6.48. The molecule has 3 heterocycles. The lowest BCUT2D eigenvalue weighted by Gasteiger charge is -2.24. The molecular weight excluding hydrogens is 442 g/mol. The highest BCUT2D eigenvalue weighted by molar-refractivity contribution is 8.32. The van der Waals surface area contributed by atoms with Gasteiger partial charge in [0, 0.05) is 41.2 Å². The monoisotopic (exact) mass is 471 g/mol. The summed E-state index contributed by atoms with van der Waals surface area (Å²) in [6.07, 6.45) is 13.6. The van der Waals surface area contributed by atoms with Gasteiger partial charge in [-0.05, 0) is 54.5 Å². The Labute approximate surface area is 202 Å². The molecule has 0 N–H and O–H groups in total. The molecule has 1 aromatic carbocycles. The predicted octanol–water partition coefficient (Wildman–Crippen LogP) is 4.72. The maximum Gasteiger partial charge on any atom is 0.145 e. The van der Waals surface area contributed by atoms with Gasteiger partial charge in [0.1, 0.15) is 18.7 Å². The van der Waals surface area contributed by atoms with E-state index in [1.54, 1.807) is 12.5 Å². The van der Waals surface area contributed by atoms with Crippen molar-refractivity contribution in [2.45, 2.75) is 25.0 Å². The van der Waals surface area contributed by atoms with Crippen LogP contribution in [0, 0.1) is 11.3 Å². The molecule has 0 fully saturated rings. The van der Waals surface area contributed by atoms with Crippen molar-refractivity contribution < 1.29 is 4.74 Å². The summed E-state index contributed by atoms with van der Waals surface area (Å²) < 4.78 is 7.96. The van der Waals surface area contributed by atoms with Crippen LogP contribution in [0.5, 0.6) is 0 Å². The number of hydrogen-bond donors (Lipinski definition) is 0. The number of fused-ring (bicyclic) bond motifs is 2. The van der Waals surface area contributed by atoms with Gasteiger partial charge in [0.15, 0.2) is 0 Å². The molecular formula is C27H29N5OS. The van der Waals surface area contributed by atoms with Crippen molar-refractivity contribution in [3.8, 4) is 17.3 Å². The van der Waals surface area contributed by atoms with Gasteiger partial charge in [0.2, 0.25) is 0 Å². The second kappa shape index (κ2) is 8.86. The zero-order valence-corrected chi connectivity index (χ0v) is 20.7. The highest BCUT2D eigenvalue weighted by atomic mass is 32.3. The molecule has 1 aliphatic carbocycles. The Hall–Kier alpha value is -3.21. The Kier molecular flexibility index (Phi) is 5.88. The quantitative estimate of drug-likeness (QED) is 0.365. The normalized spacial score (nSPS) is 18.1. The molecule has 0 bridgehead atoms. The van der Waals surface area contributed by atoms with Crippen LogP contribution in [-0.2, 0) is 29.7 Å². The molecule has 0 saturated heterocycles. The van der Waals surface area contributed by atoms with Gasteiger partial charge in [-0.25, -0.2) is 20.0 Å². The first-order valence-electron chi connectivity index (χ1n) is 11.4. The molecule has 6 nitrogen and oxygen atoms in total. The number of rotatable bonds is 7. The average Bonchev–Trinajstić information content (AvgIpc) is 3.43. The molecule has 7 heteroatoms. The van der Waals surface area contributed by atoms with Gasteiger partial charge >= 0.3 is 0 Å². The molecule has 5 rings (SSSR count). The van der Waals surface area contributed by atoms with Crippen molar-refractivity contribution in [2.24, 2.45) is 0 Å². The molecule has 0 spiro atoms. The van der Waals surface area contributed by atoms with Crippen molar-refractivity contribution in [3.63, 3.8) is 0 Å². The lowest BCUT2D eigenvalue weighted by atomic mass is 9.78. The summed E-state index contributed by atoms with van der Waals surface area (Å²) in [5.41, 5.74) is 5.28. The van der Waals surface area contributed by atoms with Gasteiger partial charge in [-0.3, -0.25) is 4.98 Å². The third kappa shape index (κ3) is 4.31. The van der Waals surface area contributed by atoms with E-state index >= 15 is 0 Å². The van der Waals surface area contributed by atoms with Crippen LogP contribution in [0.3, 0.4) is 0 Å². The van der Waals surface area contributed by atoms with E-state index in [4.69, 9.17) is 4.74 Å². The second-order valence-electron chi connectivity index (χ2n) is 9.81. The predicted molar refractivity (Wildman–Crippen MR) is 138 cm³/mol. The molecule has 0 amide bonds. The smallest absolute Gasteiger partial charge is 0.145 e. The summed E-state index contributed by atoms with van der Waals surface area (Å²) in [6.45, 7) is 1.21. The van der Waals surface area contributed by atoms with Crippen molar-refractivity contribution >= 4 is 21.1 Å². The van der Waals surface area contributed by atoms with E-state index in [2.05, 4.69) is 58.0 Å². The maximum atomic E-state index is 10.2. The number of benzene rings is 1. The highest BCUT2D eigenvalue weighted by Gasteiger charge is 2.40. The van der Waals surface area contributed by atoms with Crippen LogP contribution < -0.4 is 0 Å². The molecule has 1 unspecified atom stereocenters. The lowest BCUT2D eigenvalue weighted by molar-refractivity contribution is 0.0923. The number of aromatic nitrogens is 4. The minimum atomic E-state index is -0.604. The van der Waals surface area contributed by atoms with E-state index in [0.717, 1.165) is 51.5 Å². The average molecular weight is 472 g/mol. The Bertz CT molecular complexity index is 1360. The minimum Gasteiger partial charge on any atom is -0.360 e. The number of ether oxygens (including phenoxy) is 1. The van der Waals surface area contributed by atoms with E-state index in [-0.39, 0.29) is 0 Å². The minimum absolute atomic E-state index is 0.471. The number of nitrogens with zero attached hydrogens (tertiary/aromatic N) is 5. The van der Waals surface area contributed by atoms with Crippen molar-refractivity contribution in [3.05, 3.63) is 78.0 Å². The number of nitriles is 1. The maximum absolute atomic E-state index is 10.2. The van der Waals surface area contributed by atoms with Gasteiger partial charge in [0.25, 0.3) is 0 Å². The van der Waals surface area contributed by atoms with Crippen molar-refractivity contribution in [1.29, 1.82) is 5.26 Å². The molecule has 34 heavy (non-hydrogen) atoms. The summed E-state index contributed by atoms with van der Waals surface area (Å²) in [5, 5.41) is 11.2. The molecule has 0 radical (unpaired) electrons. The summed E-state index contributed by atoms with van der Waals surface area (Å²) in [7, 11) is -0.573. The summed E-state index contributed by atoms with van der Waals surface area (Å²) >= 11 is 0. The van der Waals surface area contributed by atoms with Crippen LogP contribution in [0.25, 0.3) is 22.3 Å². The van der Waals surface area contributed by atoms with E-state index in [0.29, 0.717) is 19.6 Å². The number of pyridine rings is 1. The summed E-state index contributed by atoms with van der Waals surface area (Å²) in [6, 6.07) is 16.9. The van der Waals surface area contributed by atoms with Crippen LogP contribution in [-0.4, -0.2) is 50.6 Å². The second-order valence-corrected chi connectivity index (χ2v) is 14.4. The molecule has 1 aliphatic rings. The van der Waals surface area contributed by atoms with Gasteiger partial charge in [-0.15, -0.1) is 0 Å². The van der Waals surface area contributed by atoms with Crippen LogP contribution in [0.4, 0.5) is 0 Å². The van der Waals surface area contributed by atoms with Crippen LogP contribution in [0.1, 0.15) is 16.8 Å². The van der Waals surface area contributed by atoms with Crippen molar-refractivity contribution in [2.75, 3.05) is 31.1 Å². The van der Waals surface area contributed by atoms with Gasteiger partial charge in [0.05, 0.1) is 23.8 Å². The van der Waals surface area contributed by atoms with Crippen LogP contribution in [0.15, 0.2) is 61.2 Å². The largest absolute Gasteiger partial charge is 0.360 e. The zero-order chi connectivity index (χ0) is 23.8. The Morgan fingerprint density at radius 2 is 1.97 bits per heavy atom. The van der Waals surface area contributed by atoms with Gasteiger partial charge in [-0.1, -0.05) is 24.3 Å². The van der Waals surface area contributed by atoms with E-state index in [1.165, 1.54) is 0 Å². The summed E-state index contributed by atoms with van der Waals surface area (Å²) in [5.74, 6) is 1.08. The fourth-order valence-corrected chi connectivity index (χ4v) is 5.20. The molecule has 3 aromatic heterocycles. The fraction of sp³-hybridized carbons (Fsp3) is 0.333. The van der Waals surface area contributed by atoms with Crippen LogP contribution >= 0.6 is 10.0 Å². The Balaban J connectivity index is 1.44. The number of hydrogen-bond acceptors (Lipinski definition) is 5. The molecule has 0 aliphatic heterocycles. The van der Waals surface area contributed by atoms with E-state index in [1.807, 2.05) is 35.0 Å². The van der Waals surface area contributed by atoms with Crippen molar-refractivity contribution in [1.82, 2.24) is 19.5 Å². The zero-order valence-electron chi connectivity index (χ0n) is 19.9. The van der Waals surface area contributed by atoms with Gasteiger partial charge in [-0.2, -0.15) is 5.26 Å². The Morgan fingerprint density at radius 3 is 2.76 bits per heavy atom. The third-order valence-corrected chi connectivity index (χ3v) is 7.87. The van der Waals surface area contributed by atoms with E-state index < -0.39 is 15.4 Å². The molecule has 4 aromatic rings. The first-order chi connectivity index (χ1) is 16.4. The summed E-state index contributed by atoms with van der Waals surface area (Å²) in [4.78, 5) is 13.7. The topological polar surface area (TPSA) is 76.6 Å². The highest BCUT2D eigenvalue weighted by Crippen LogP contribution is 2.40. The SMILES string of the molecule is CS(C)(C)CCOCn1ccc2c(-c3cccc(C4(C#N)Cc5cccnc5C4)c3)ncnc21. The van der Waals surface area contributed by atoms with E-state index in [9.17, 15) is 5.26 Å². The Morgan fingerprint density at radius 1 is 1.09 bits per heavy atom.